The zero-order valence-electron chi connectivity index (χ0n) is 14.6. The van der Waals surface area contributed by atoms with E-state index < -0.39 is 17.8 Å². The van der Waals surface area contributed by atoms with E-state index in [0.29, 0.717) is 29.8 Å². The molecule has 0 saturated carbocycles. The average Bonchev–Trinajstić information content (AvgIpc) is 2.60. The van der Waals surface area contributed by atoms with Crippen molar-refractivity contribution in [3.63, 3.8) is 0 Å². The van der Waals surface area contributed by atoms with Gasteiger partial charge in [-0.2, -0.15) is 13.2 Å². The minimum absolute atomic E-state index is 0.00229. The molecule has 0 bridgehead atoms. The van der Waals surface area contributed by atoms with Crippen LogP contribution in [-0.2, 0) is 4.79 Å². The molecule has 1 amide bonds. The molecule has 2 N–H and O–H groups in total. The third-order valence-corrected chi connectivity index (χ3v) is 4.42. The first-order chi connectivity index (χ1) is 12.7. The lowest BCUT2D eigenvalue weighted by atomic mass is 10.0. The molecular formula is C18H19F3N4O2. The molecule has 1 atom stereocenters. The molecule has 27 heavy (non-hydrogen) atoms. The summed E-state index contributed by atoms with van der Waals surface area (Å²) in [7, 11) is 0. The Morgan fingerprint density at radius 2 is 2.04 bits per heavy atom. The number of H-pyrrole nitrogens is 1. The molecule has 9 heteroatoms. The molecule has 0 aromatic carbocycles. The first-order valence-electron chi connectivity index (χ1n) is 8.56. The van der Waals surface area contributed by atoms with E-state index in [2.05, 4.69) is 15.3 Å². The van der Waals surface area contributed by atoms with Crippen LogP contribution in [0.3, 0.4) is 0 Å². The first kappa shape index (κ1) is 18.9. The van der Waals surface area contributed by atoms with E-state index in [-0.39, 0.29) is 24.7 Å². The standard InChI is InChI=1S/C18H19F3N4O2/c1-11(26)23-15-8-12(5-6-22-15)13-9-16(24-17(27)10-13)25-7-3-2-4-14(25)18(19,20)21/h5-6,8-10,14H,2-4,7H2,1H3,(H,24,27)(H,22,23,26). The number of carbonyl (C=O) groups is 1. The van der Waals surface area contributed by atoms with E-state index in [9.17, 15) is 22.8 Å². The van der Waals surface area contributed by atoms with Gasteiger partial charge in [-0.1, -0.05) is 0 Å². The van der Waals surface area contributed by atoms with Crippen molar-refractivity contribution in [3.8, 4) is 11.1 Å². The van der Waals surface area contributed by atoms with Crippen molar-refractivity contribution in [1.29, 1.82) is 0 Å². The van der Waals surface area contributed by atoms with Gasteiger partial charge in [-0.3, -0.25) is 9.59 Å². The molecule has 0 aliphatic carbocycles. The van der Waals surface area contributed by atoms with Gasteiger partial charge in [-0.05, 0) is 48.6 Å². The fourth-order valence-electron chi connectivity index (χ4n) is 3.27. The fourth-order valence-corrected chi connectivity index (χ4v) is 3.27. The van der Waals surface area contributed by atoms with Gasteiger partial charge in [-0.15, -0.1) is 0 Å². The molecule has 1 saturated heterocycles. The fraction of sp³-hybridized carbons (Fsp3) is 0.389. The van der Waals surface area contributed by atoms with Crippen molar-refractivity contribution in [2.45, 2.75) is 38.4 Å². The van der Waals surface area contributed by atoms with Crippen LogP contribution in [0.5, 0.6) is 0 Å². The van der Waals surface area contributed by atoms with Crippen molar-refractivity contribution in [2.24, 2.45) is 0 Å². The maximum atomic E-state index is 13.4. The summed E-state index contributed by atoms with van der Waals surface area (Å²) in [6.45, 7) is 1.56. The van der Waals surface area contributed by atoms with Gasteiger partial charge in [0.25, 0.3) is 0 Å². The molecule has 3 heterocycles. The third-order valence-electron chi connectivity index (χ3n) is 4.42. The Morgan fingerprint density at radius 3 is 2.74 bits per heavy atom. The number of rotatable bonds is 3. The largest absolute Gasteiger partial charge is 0.408 e. The second-order valence-corrected chi connectivity index (χ2v) is 6.48. The highest BCUT2D eigenvalue weighted by molar-refractivity contribution is 5.88. The van der Waals surface area contributed by atoms with Crippen molar-refractivity contribution in [1.82, 2.24) is 9.97 Å². The molecule has 1 unspecified atom stereocenters. The van der Waals surface area contributed by atoms with Gasteiger partial charge < -0.3 is 15.2 Å². The molecule has 144 valence electrons. The summed E-state index contributed by atoms with van der Waals surface area (Å²) >= 11 is 0. The van der Waals surface area contributed by atoms with E-state index in [1.807, 2.05) is 0 Å². The highest BCUT2D eigenvalue weighted by atomic mass is 19.4. The predicted molar refractivity (Wildman–Crippen MR) is 95.6 cm³/mol. The Balaban J connectivity index is 2.00. The zero-order chi connectivity index (χ0) is 19.6. The quantitative estimate of drug-likeness (QED) is 0.856. The van der Waals surface area contributed by atoms with Crippen LogP contribution in [0.25, 0.3) is 11.1 Å². The average molecular weight is 380 g/mol. The number of anilines is 2. The van der Waals surface area contributed by atoms with E-state index in [1.54, 1.807) is 12.1 Å². The van der Waals surface area contributed by atoms with Gasteiger partial charge >= 0.3 is 6.18 Å². The van der Waals surface area contributed by atoms with Crippen LogP contribution in [0, 0.1) is 0 Å². The number of aromatic nitrogens is 2. The molecule has 6 nitrogen and oxygen atoms in total. The number of aromatic amines is 1. The maximum absolute atomic E-state index is 13.4. The number of nitrogens with one attached hydrogen (secondary N) is 2. The number of hydrogen-bond acceptors (Lipinski definition) is 4. The second-order valence-electron chi connectivity index (χ2n) is 6.48. The molecule has 3 rings (SSSR count). The lowest BCUT2D eigenvalue weighted by Crippen LogP contribution is -2.49. The lowest BCUT2D eigenvalue weighted by molar-refractivity contribution is -0.152. The first-order valence-corrected chi connectivity index (χ1v) is 8.56. The number of alkyl halides is 3. The highest BCUT2D eigenvalue weighted by Gasteiger charge is 2.44. The van der Waals surface area contributed by atoms with Gasteiger partial charge in [0.05, 0.1) is 0 Å². The lowest BCUT2D eigenvalue weighted by Gasteiger charge is -2.38. The van der Waals surface area contributed by atoms with Crippen LogP contribution in [0.15, 0.2) is 35.3 Å². The van der Waals surface area contributed by atoms with Gasteiger partial charge in [0.2, 0.25) is 11.5 Å². The second kappa shape index (κ2) is 7.42. The molecule has 1 aliphatic heterocycles. The molecule has 1 aliphatic rings. The number of amides is 1. The van der Waals surface area contributed by atoms with E-state index >= 15 is 0 Å². The van der Waals surface area contributed by atoms with E-state index in [0.717, 1.165) is 0 Å². The van der Waals surface area contributed by atoms with Gasteiger partial charge in [0, 0.05) is 25.7 Å². The summed E-state index contributed by atoms with van der Waals surface area (Å²) in [5, 5.41) is 2.54. The molecule has 0 spiro atoms. The van der Waals surface area contributed by atoms with Gasteiger partial charge in [0.1, 0.15) is 17.7 Å². The molecule has 0 radical (unpaired) electrons. The van der Waals surface area contributed by atoms with Crippen LogP contribution in [0.2, 0.25) is 0 Å². The summed E-state index contributed by atoms with van der Waals surface area (Å²) in [4.78, 5) is 31.0. The van der Waals surface area contributed by atoms with Crippen LogP contribution in [0.4, 0.5) is 24.8 Å². The number of pyridine rings is 2. The third kappa shape index (κ3) is 4.47. The topological polar surface area (TPSA) is 78.1 Å². The maximum Gasteiger partial charge on any atom is 0.408 e. The normalized spacial score (nSPS) is 17.6. The predicted octanol–water partition coefficient (Wildman–Crippen LogP) is 3.32. The van der Waals surface area contributed by atoms with Crippen LogP contribution >= 0.6 is 0 Å². The van der Waals surface area contributed by atoms with Crippen LogP contribution in [-0.4, -0.2) is 34.6 Å². The minimum Gasteiger partial charge on any atom is -0.346 e. The Labute approximate surface area is 153 Å². The summed E-state index contributed by atoms with van der Waals surface area (Å²) < 4.78 is 40.2. The van der Waals surface area contributed by atoms with E-state index in [4.69, 9.17) is 0 Å². The Bertz CT molecular complexity index is 895. The smallest absolute Gasteiger partial charge is 0.346 e. The summed E-state index contributed by atoms with van der Waals surface area (Å²) in [6.07, 6.45) is -1.79. The van der Waals surface area contributed by atoms with Crippen LogP contribution < -0.4 is 15.8 Å². The number of nitrogens with zero attached hydrogens (tertiary/aromatic N) is 2. The molecule has 2 aromatic rings. The van der Waals surface area contributed by atoms with Crippen molar-refractivity contribution >= 4 is 17.5 Å². The van der Waals surface area contributed by atoms with Gasteiger partial charge in [0.15, 0.2) is 0 Å². The van der Waals surface area contributed by atoms with E-state index in [1.165, 1.54) is 30.2 Å². The molecular weight excluding hydrogens is 361 g/mol. The monoisotopic (exact) mass is 380 g/mol. The minimum atomic E-state index is -4.37. The van der Waals surface area contributed by atoms with Gasteiger partial charge in [-0.25, -0.2) is 4.98 Å². The zero-order valence-corrected chi connectivity index (χ0v) is 14.6. The Hall–Kier alpha value is -2.84. The SMILES string of the molecule is CC(=O)Nc1cc(-c2cc(N3CCCCC3C(F)(F)F)[nH]c(=O)c2)ccn1. The van der Waals surface area contributed by atoms with Crippen molar-refractivity contribution < 1.29 is 18.0 Å². The van der Waals surface area contributed by atoms with Crippen LogP contribution in [0.1, 0.15) is 26.2 Å². The highest BCUT2D eigenvalue weighted by Crippen LogP contribution is 2.35. The number of carbonyl (C=O) groups excluding carboxylic acids is 1. The Morgan fingerprint density at radius 1 is 1.26 bits per heavy atom. The summed E-state index contributed by atoms with van der Waals surface area (Å²) in [5.41, 5.74) is 0.530. The number of halogens is 3. The van der Waals surface area contributed by atoms with Crippen molar-refractivity contribution in [3.05, 3.63) is 40.8 Å². The van der Waals surface area contributed by atoms with Crippen molar-refractivity contribution in [2.75, 3.05) is 16.8 Å². The molecule has 2 aromatic heterocycles. The number of piperidine rings is 1. The summed E-state index contributed by atoms with van der Waals surface area (Å²) in [6, 6.07) is 4.41. The summed E-state index contributed by atoms with van der Waals surface area (Å²) in [5.74, 6) is 0.137. The molecule has 1 fully saturated rings. The Kier molecular flexibility index (Phi) is 5.20. The number of hydrogen-bond donors (Lipinski definition) is 2.